The van der Waals surface area contributed by atoms with Crippen molar-refractivity contribution in [1.82, 2.24) is 0 Å². The Hall–Kier alpha value is -0.640. The monoisotopic (exact) mass is 246 g/mol. The summed E-state index contributed by atoms with van der Waals surface area (Å²) in [4.78, 5) is 0. The van der Waals surface area contributed by atoms with Gasteiger partial charge >= 0.3 is 0 Å². The number of aliphatic hydroxyl groups excluding tert-OH is 1. The van der Waals surface area contributed by atoms with Gasteiger partial charge in [0.05, 0.1) is 12.2 Å². The molecule has 1 rings (SSSR count). The smallest absolute Gasteiger partial charge is 0.124 e. The fourth-order valence-electron chi connectivity index (χ4n) is 1.45. The van der Waals surface area contributed by atoms with Crippen molar-refractivity contribution in [3.05, 3.63) is 34.6 Å². The third-order valence-electron chi connectivity index (χ3n) is 2.42. The van der Waals surface area contributed by atoms with Gasteiger partial charge in [-0.05, 0) is 31.5 Å². The van der Waals surface area contributed by atoms with E-state index in [0.717, 1.165) is 5.56 Å². The molecular weight excluding hydrogens is 231 g/mol. The summed E-state index contributed by atoms with van der Waals surface area (Å²) in [6.07, 6.45) is -0.533. The van der Waals surface area contributed by atoms with Gasteiger partial charge in [-0.25, -0.2) is 4.39 Å². The first-order chi connectivity index (χ1) is 7.54. The van der Waals surface area contributed by atoms with Crippen molar-refractivity contribution < 1.29 is 14.2 Å². The lowest BCUT2D eigenvalue weighted by atomic mass is 10.0. The molecule has 0 bridgehead atoms. The zero-order chi connectivity index (χ0) is 12.1. The molecule has 0 aliphatic rings. The molecule has 1 N–H and O–H groups in total. The third kappa shape index (κ3) is 3.74. The third-order valence-corrected chi connectivity index (χ3v) is 2.77. The van der Waals surface area contributed by atoms with Crippen LogP contribution >= 0.6 is 11.6 Å². The first-order valence-corrected chi connectivity index (χ1v) is 5.66. The van der Waals surface area contributed by atoms with Crippen LogP contribution in [0.15, 0.2) is 18.2 Å². The van der Waals surface area contributed by atoms with Gasteiger partial charge in [0.15, 0.2) is 0 Å². The van der Waals surface area contributed by atoms with Crippen LogP contribution in [0.1, 0.15) is 19.4 Å². The van der Waals surface area contributed by atoms with Crippen molar-refractivity contribution in [3.8, 4) is 0 Å². The summed E-state index contributed by atoms with van der Waals surface area (Å²) in [6.45, 7) is 4.22. The summed E-state index contributed by atoms with van der Waals surface area (Å²) in [5, 5.41) is 10.2. The van der Waals surface area contributed by atoms with E-state index in [1.807, 2.05) is 6.92 Å². The molecule has 2 nitrogen and oxygen atoms in total. The highest BCUT2D eigenvalue weighted by molar-refractivity contribution is 6.31. The summed E-state index contributed by atoms with van der Waals surface area (Å²) >= 11 is 5.86. The minimum Gasteiger partial charge on any atom is -0.390 e. The minimum atomic E-state index is -0.636. The molecule has 0 spiro atoms. The summed E-state index contributed by atoms with van der Waals surface area (Å²) in [6, 6.07) is 4.16. The van der Waals surface area contributed by atoms with Crippen LogP contribution in [0.5, 0.6) is 0 Å². The molecule has 0 radical (unpaired) electrons. The normalized spacial score (nSPS) is 14.8. The molecule has 0 aliphatic carbocycles. The van der Waals surface area contributed by atoms with Crippen LogP contribution in [0.4, 0.5) is 4.39 Å². The minimum absolute atomic E-state index is 0.258. The van der Waals surface area contributed by atoms with Gasteiger partial charge in [-0.1, -0.05) is 17.7 Å². The molecule has 0 saturated heterocycles. The molecule has 0 aromatic heterocycles. The molecule has 0 saturated carbocycles. The van der Waals surface area contributed by atoms with E-state index in [2.05, 4.69) is 0 Å². The Morgan fingerprint density at radius 3 is 2.75 bits per heavy atom. The molecule has 2 unspecified atom stereocenters. The van der Waals surface area contributed by atoms with E-state index in [4.69, 9.17) is 16.3 Å². The van der Waals surface area contributed by atoms with Gasteiger partial charge in [-0.15, -0.1) is 0 Å². The number of benzene rings is 1. The van der Waals surface area contributed by atoms with Crippen LogP contribution in [0.3, 0.4) is 0 Å². The average Bonchev–Trinajstić information content (AvgIpc) is 2.22. The lowest BCUT2D eigenvalue weighted by molar-refractivity contribution is -0.0208. The standard InChI is InChI=1S/C12H16ClFO2/c1-3-16-8(2)12(15)6-9-4-5-10(14)7-11(9)13/h4-5,7-8,12,15H,3,6H2,1-2H3. The largest absolute Gasteiger partial charge is 0.390 e. The average molecular weight is 247 g/mol. The zero-order valence-corrected chi connectivity index (χ0v) is 10.2. The SMILES string of the molecule is CCOC(C)C(O)Cc1ccc(F)cc1Cl. The van der Waals surface area contributed by atoms with Crippen molar-refractivity contribution in [2.24, 2.45) is 0 Å². The van der Waals surface area contributed by atoms with E-state index >= 15 is 0 Å². The Morgan fingerprint density at radius 1 is 1.50 bits per heavy atom. The van der Waals surface area contributed by atoms with Crippen molar-refractivity contribution in [2.45, 2.75) is 32.5 Å². The molecule has 90 valence electrons. The summed E-state index contributed by atoms with van der Waals surface area (Å²) in [5.74, 6) is -0.374. The van der Waals surface area contributed by atoms with E-state index in [1.165, 1.54) is 12.1 Å². The Labute approximate surface area is 100.0 Å². The lowest BCUT2D eigenvalue weighted by Gasteiger charge is -2.19. The van der Waals surface area contributed by atoms with Gasteiger partial charge in [0, 0.05) is 18.1 Å². The van der Waals surface area contributed by atoms with Gasteiger partial charge in [0.1, 0.15) is 5.82 Å². The van der Waals surface area contributed by atoms with E-state index in [0.29, 0.717) is 18.1 Å². The Morgan fingerprint density at radius 2 is 2.19 bits per heavy atom. The van der Waals surface area contributed by atoms with Gasteiger partial charge in [0.25, 0.3) is 0 Å². The van der Waals surface area contributed by atoms with E-state index in [-0.39, 0.29) is 11.9 Å². The molecule has 1 aromatic rings. The van der Waals surface area contributed by atoms with Crippen LogP contribution in [-0.2, 0) is 11.2 Å². The number of hydrogen-bond donors (Lipinski definition) is 1. The van der Waals surface area contributed by atoms with Crippen LogP contribution in [0, 0.1) is 5.82 Å². The van der Waals surface area contributed by atoms with Gasteiger partial charge in [-0.2, -0.15) is 0 Å². The molecular formula is C12H16ClFO2. The van der Waals surface area contributed by atoms with Crippen molar-refractivity contribution in [2.75, 3.05) is 6.61 Å². The quantitative estimate of drug-likeness (QED) is 0.866. The van der Waals surface area contributed by atoms with Crippen molar-refractivity contribution in [3.63, 3.8) is 0 Å². The zero-order valence-electron chi connectivity index (χ0n) is 9.41. The molecule has 0 amide bonds. The first kappa shape index (κ1) is 13.4. The molecule has 0 heterocycles. The number of rotatable bonds is 5. The second-order valence-corrected chi connectivity index (χ2v) is 4.07. The van der Waals surface area contributed by atoms with E-state index in [1.54, 1.807) is 13.0 Å². The predicted molar refractivity (Wildman–Crippen MR) is 62.2 cm³/mol. The maximum atomic E-state index is 12.8. The Bertz CT molecular complexity index is 344. The fourth-order valence-corrected chi connectivity index (χ4v) is 1.70. The Balaban J connectivity index is 2.65. The molecule has 16 heavy (non-hydrogen) atoms. The number of ether oxygens (including phenoxy) is 1. The van der Waals surface area contributed by atoms with Gasteiger partial charge < -0.3 is 9.84 Å². The highest BCUT2D eigenvalue weighted by atomic mass is 35.5. The van der Waals surface area contributed by atoms with Crippen LogP contribution < -0.4 is 0 Å². The summed E-state index contributed by atoms with van der Waals surface area (Å²) in [7, 11) is 0. The molecule has 1 aromatic carbocycles. The second kappa shape index (κ2) is 6.18. The van der Waals surface area contributed by atoms with Crippen molar-refractivity contribution in [1.29, 1.82) is 0 Å². The van der Waals surface area contributed by atoms with Gasteiger partial charge in [-0.3, -0.25) is 0 Å². The number of halogens is 2. The molecule has 0 aliphatic heterocycles. The number of aliphatic hydroxyl groups is 1. The maximum Gasteiger partial charge on any atom is 0.124 e. The first-order valence-electron chi connectivity index (χ1n) is 5.28. The summed E-state index contributed by atoms with van der Waals surface area (Å²) < 4.78 is 18.1. The predicted octanol–water partition coefficient (Wildman–Crippen LogP) is 2.81. The van der Waals surface area contributed by atoms with Crippen LogP contribution in [0.25, 0.3) is 0 Å². The summed E-state index contributed by atoms with van der Waals surface area (Å²) in [5.41, 5.74) is 0.724. The Kier molecular flexibility index (Phi) is 5.19. The topological polar surface area (TPSA) is 29.5 Å². The molecule has 2 atom stereocenters. The van der Waals surface area contributed by atoms with E-state index in [9.17, 15) is 9.50 Å². The van der Waals surface area contributed by atoms with Crippen LogP contribution in [0.2, 0.25) is 5.02 Å². The van der Waals surface area contributed by atoms with E-state index < -0.39 is 6.10 Å². The fraction of sp³-hybridized carbons (Fsp3) is 0.500. The second-order valence-electron chi connectivity index (χ2n) is 3.67. The highest BCUT2D eigenvalue weighted by Gasteiger charge is 2.16. The maximum absolute atomic E-state index is 12.8. The number of hydrogen-bond acceptors (Lipinski definition) is 2. The lowest BCUT2D eigenvalue weighted by Crippen LogP contribution is -2.28. The van der Waals surface area contributed by atoms with Gasteiger partial charge in [0.2, 0.25) is 0 Å². The molecule has 0 fully saturated rings. The van der Waals surface area contributed by atoms with Crippen LogP contribution in [-0.4, -0.2) is 23.9 Å². The van der Waals surface area contributed by atoms with Crippen molar-refractivity contribution >= 4 is 11.6 Å². The highest BCUT2D eigenvalue weighted by Crippen LogP contribution is 2.19. The molecule has 4 heteroatoms.